The van der Waals surface area contributed by atoms with Gasteiger partial charge in [-0.3, -0.25) is 0 Å². The van der Waals surface area contributed by atoms with Crippen molar-refractivity contribution in [3.8, 4) is 0 Å². The zero-order valence-corrected chi connectivity index (χ0v) is 15.6. The second-order valence-corrected chi connectivity index (χ2v) is 8.47. The molecule has 0 saturated heterocycles. The first-order valence-electron chi connectivity index (χ1n) is 7.89. The van der Waals surface area contributed by atoms with Gasteiger partial charge >= 0.3 is 0 Å². The Hall–Kier alpha value is -1.92. The SMILES string of the molecule is Clc1c(P(c2ccccc2)c2ccccc2)nc2ccccc2c1Cl. The highest BCUT2D eigenvalue weighted by Crippen LogP contribution is 2.39. The number of hydrogen-bond acceptors (Lipinski definition) is 1. The minimum Gasteiger partial charge on any atom is -0.246 e. The number of hydrogen-bond donors (Lipinski definition) is 0. The third kappa shape index (κ3) is 3.16. The summed E-state index contributed by atoms with van der Waals surface area (Å²) in [6, 6.07) is 28.6. The van der Waals surface area contributed by atoms with Crippen molar-refractivity contribution in [1.82, 2.24) is 4.98 Å². The molecule has 0 spiro atoms. The number of fused-ring (bicyclic) bond motifs is 1. The summed E-state index contributed by atoms with van der Waals surface area (Å²) < 4.78 is 0. The van der Waals surface area contributed by atoms with Crippen molar-refractivity contribution in [1.29, 1.82) is 0 Å². The predicted molar refractivity (Wildman–Crippen MR) is 110 cm³/mol. The summed E-state index contributed by atoms with van der Waals surface area (Å²) >= 11 is 13.3. The highest BCUT2D eigenvalue weighted by Gasteiger charge is 2.23. The van der Waals surface area contributed by atoms with Crippen LogP contribution >= 0.6 is 31.1 Å². The molecular formula is C21H14Cl2NP. The van der Waals surface area contributed by atoms with Gasteiger partial charge in [0.1, 0.15) is 0 Å². The van der Waals surface area contributed by atoms with Crippen molar-refractivity contribution in [2.45, 2.75) is 0 Å². The quantitative estimate of drug-likeness (QED) is 0.438. The molecule has 0 saturated carbocycles. The molecule has 122 valence electrons. The first-order valence-corrected chi connectivity index (χ1v) is 9.99. The van der Waals surface area contributed by atoms with E-state index in [1.807, 2.05) is 60.7 Å². The molecule has 0 aliphatic carbocycles. The first-order chi connectivity index (χ1) is 12.3. The average Bonchev–Trinajstić information content (AvgIpc) is 2.68. The van der Waals surface area contributed by atoms with Crippen LogP contribution in [0.5, 0.6) is 0 Å². The van der Waals surface area contributed by atoms with Gasteiger partial charge in [0.15, 0.2) is 0 Å². The summed E-state index contributed by atoms with van der Waals surface area (Å²) in [5.41, 5.74) is 1.71. The Morgan fingerprint density at radius 1 is 0.600 bits per heavy atom. The van der Waals surface area contributed by atoms with Crippen molar-refractivity contribution in [2.24, 2.45) is 0 Å². The minimum atomic E-state index is -0.884. The lowest BCUT2D eigenvalue weighted by molar-refractivity contribution is 1.48. The molecule has 1 aromatic heterocycles. The van der Waals surface area contributed by atoms with Crippen molar-refractivity contribution in [2.75, 3.05) is 0 Å². The van der Waals surface area contributed by atoms with Gasteiger partial charge in [0.2, 0.25) is 0 Å². The van der Waals surface area contributed by atoms with E-state index in [0.29, 0.717) is 10.0 Å². The van der Waals surface area contributed by atoms with Crippen LogP contribution in [0.15, 0.2) is 84.9 Å². The molecule has 0 N–H and O–H groups in total. The lowest BCUT2D eigenvalue weighted by atomic mass is 10.2. The fourth-order valence-corrected chi connectivity index (χ4v) is 5.79. The molecule has 0 bridgehead atoms. The van der Waals surface area contributed by atoms with E-state index < -0.39 is 7.92 Å². The number of aromatic nitrogens is 1. The van der Waals surface area contributed by atoms with E-state index in [1.54, 1.807) is 0 Å². The summed E-state index contributed by atoms with van der Waals surface area (Å²) in [6.07, 6.45) is 0. The normalized spacial score (nSPS) is 11.2. The molecule has 4 rings (SSSR count). The highest BCUT2D eigenvalue weighted by atomic mass is 35.5. The van der Waals surface area contributed by atoms with Gasteiger partial charge in [-0.25, -0.2) is 4.98 Å². The Balaban J connectivity index is 2.00. The van der Waals surface area contributed by atoms with Crippen molar-refractivity contribution in [3.05, 3.63) is 95.0 Å². The molecule has 0 amide bonds. The van der Waals surface area contributed by atoms with Crippen LogP contribution in [0.2, 0.25) is 10.0 Å². The van der Waals surface area contributed by atoms with Gasteiger partial charge in [-0.2, -0.15) is 0 Å². The number of para-hydroxylation sites is 1. The van der Waals surface area contributed by atoms with Crippen LogP contribution in [0.3, 0.4) is 0 Å². The predicted octanol–water partition coefficient (Wildman–Crippen LogP) is 5.30. The second kappa shape index (κ2) is 7.14. The van der Waals surface area contributed by atoms with Gasteiger partial charge < -0.3 is 0 Å². The number of rotatable bonds is 3. The standard InChI is InChI=1S/C21H14Cl2NP/c22-19-17-13-7-8-14-18(17)24-21(20(19)23)25(15-9-3-1-4-10-15)16-11-5-2-6-12-16/h1-14H. The monoisotopic (exact) mass is 381 g/mol. The lowest BCUT2D eigenvalue weighted by Crippen LogP contribution is -2.24. The molecule has 4 aromatic rings. The maximum atomic E-state index is 6.69. The van der Waals surface area contributed by atoms with Crippen LogP contribution in [0.1, 0.15) is 0 Å². The number of halogens is 2. The van der Waals surface area contributed by atoms with Gasteiger partial charge in [-0.15, -0.1) is 0 Å². The molecule has 0 aliphatic heterocycles. The Kier molecular flexibility index (Phi) is 4.72. The van der Waals surface area contributed by atoms with Gasteiger partial charge in [0.25, 0.3) is 0 Å². The molecule has 1 nitrogen and oxygen atoms in total. The average molecular weight is 382 g/mol. The summed E-state index contributed by atoms with van der Waals surface area (Å²) in [5.74, 6) is 0. The molecule has 1 heterocycles. The van der Waals surface area contributed by atoms with E-state index in [1.165, 1.54) is 10.6 Å². The van der Waals surface area contributed by atoms with Crippen molar-refractivity contribution >= 4 is 58.1 Å². The van der Waals surface area contributed by atoms with E-state index >= 15 is 0 Å². The number of nitrogens with zero attached hydrogens (tertiary/aromatic N) is 1. The third-order valence-corrected chi connectivity index (χ3v) is 7.36. The van der Waals surface area contributed by atoms with Gasteiger partial charge in [0.05, 0.1) is 21.0 Å². The topological polar surface area (TPSA) is 12.9 Å². The summed E-state index contributed by atoms with van der Waals surface area (Å²) in [5, 5.41) is 4.39. The van der Waals surface area contributed by atoms with E-state index in [9.17, 15) is 0 Å². The first kappa shape index (κ1) is 16.5. The lowest BCUT2D eigenvalue weighted by Gasteiger charge is -2.20. The summed E-state index contributed by atoms with van der Waals surface area (Å²) in [4.78, 5) is 4.90. The summed E-state index contributed by atoms with van der Waals surface area (Å²) in [6.45, 7) is 0. The van der Waals surface area contributed by atoms with Crippen molar-refractivity contribution in [3.63, 3.8) is 0 Å². The summed E-state index contributed by atoms with van der Waals surface area (Å²) in [7, 11) is -0.884. The molecule has 3 aromatic carbocycles. The number of pyridine rings is 1. The molecular weight excluding hydrogens is 368 g/mol. The molecule has 0 radical (unpaired) electrons. The van der Waals surface area contributed by atoms with E-state index in [0.717, 1.165) is 16.3 Å². The van der Waals surface area contributed by atoms with Crippen LogP contribution in [0.4, 0.5) is 0 Å². The largest absolute Gasteiger partial charge is 0.246 e. The van der Waals surface area contributed by atoms with E-state index in [2.05, 4.69) is 24.3 Å². The minimum absolute atomic E-state index is 0.541. The Bertz CT molecular complexity index is 980. The zero-order valence-electron chi connectivity index (χ0n) is 13.2. The molecule has 0 fully saturated rings. The van der Waals surface area contributed by atoms with Gasteiger partial charge in [-0.05, 0) is 16.7 Å². The number of benzene rings is 3. The zero-order chi connectivity index (χ0) is 17.2. The Morgan fingerprint density at radius 2 is 1.12 bits per heavy atom. The smallest absolute Gasteiger partial charge is 0.0928 e. The fourth-order valence-electron chi connectivity index (χ4n) is 2.83. The van der Waals surface area contributed by atoms with Crippen LogP contribution in [0.25, 0.3) is 10.9 Å². The molecule has 4 heteroatoms. The fraction of sp³-hybridized carbons (Fsp3) is 0. The maximum absolute atomic E-state index is 6.69. The molecule has 0 aliphatic rings. The van der Waals surface area contributed by atoms with Crippen LogP contribution < -0.4 is 16.0 Å². The second-order valence-electron chi connectivity index (χ2n) is 5.59. The maximum Gasteiger partial charge on any atom is 0.0928 e. The highest BCUT2D eigenvalue weighted by molar-refractivity contribution is 7.79. The van der Waals surface area contributed by atoms with Gasteiger partial charge in [0, 0.05) is 13.3 Å². The van der Waals surface area contributed by atoms with Gasteiger partial charge in [-0.1, -0.05) is 102 Å². The van der Waals surface area contributed by atoms with E-state index in [-0.39, 0.29) is 0 Å². The van der Waals surface area contributed by atoms with Crippen molar-refractivity contribution < 1.29 is 0 Å². The van der Waals surface area contributed by atoms with E-state index in [4.69, 9.17) is 28.2 Å². The Morgan fingerprint density at radius 3 is 1.72 bits per heavy atom. The van der Waals surface area contributed by atoms with Crippen LogP contribution in [-0.4, -0.2) is 4.98 Å². The van der Waals surface area contributed by atoms with Crippen LogP contribution in [0, 0.1) is 0 Å². The molecule has 0 unspecified atom stereocenters. The van der Waals surface area contributed by atoms with Crippen LogP contribution in [-0.2, 0) is 0 Å². The Labute approximate surface area is 158 Å². The molecule has 0 atom stereocenters. The third-order valence-electron chi connectivity index (χ3n) is 4.00. The molecule has 25 heavy (non-hydrogen) atoms.